The van der Waals surface area contributed by atoms with E-state index < -0.39 is 0 Å². The van der Waals surface area contributed by atoms with E-state index in [1.807, 2.05) is 6.92 Å². The van der Waals surface area contributed by atoms with E-state index in [0.29, 0.717) is 6.04 Å². The molecule has 0 fully saturated rings. The minimum atomic E-state index is -0.216. The summed E-state index contributed by atoms with van der Waals surface area (Å²) in [5.41, 5.74) is 4.15. The van der Waals surface area contributed by atoms with Crippen molar-refractivity contribution in [1.29, 1.82) is 0 Å². The van der Waals surface area contributed by atoms with Gasteiger partial charge in [0.15, 0.2) is 0 Å². The van der Waals surface area contributed by atoms with Crippen molar-refractivity contribution in [2.24, 2.45) is 0 Å². The summed E-state index contributed by atoms with van der Waals surface area (Å²) >= 11 is 0. The highest BCUT2D eigenvalue weighted by molar-refractivity contribution is 5.61. The third-order valence-electron chi connectivity index (χ3n) is 3.37. The fraction of sp³-hybridized carbons (Fsp3) is 0.538. The fourth-order valence-electron chi connectivity index (χ4n) is 2.49. The molecule has 0 bridgehead atoms. The molecule has 0 radical (unpaired) electrons. The van der Waals surface area contributed by atoms with Crippen LogP contribution in [0, 0.1) is 6.92 Å². The molecule has 1 aliphatic rings. The van der Waals surface area contributed by atoms with E-state index in [9.17, 15) is 5.11 Å². The van der Waals surface area contributed by atoms with Crippen LogP contribution in [0.25, 0.3) is 0 Å². The van der Waals surface area contributed by atoms with Crippen molar-refractivity contribution in [3.05, 3.63) is 29.3 Å². The predicted molar refractivity (Wildman–Crippen MR) is 63.4 cm³/mol. The Morgan fingerprint density at radius 3 is 2.87 bits per heavy atom. The molecule has 1 aromatic carbocycles. The maximum absolute atomic E-state index is 9.45. The first-order valence-corrected chi connectivity index (χ1v) is 5.59. The maximum Gasteiger partial charge on any atom is 0.0531 e. The van der Waals surface area contributed by atoms with Crippen molar-refractivity contribution in [3.63, 3.8) is 0 Å². The van der Waals surface area contributed by atoms with Crippen molar-refractivity contribution in [1.82, 2.24) is 0 Å². The zero-order valence-corrected chi connectivity index (χ0v) is 9.70. The molecular weight excluding hydrogens is 186 g/mol. The minimum absolute atomic E-state index is 0.216. The second-order valence-corrected chi connectivity index (χ2v) is 4.63. The van der Waals surface area contributed by atoms with Crippen LogP contribution in [0.2, 0.25) is 0 Å². The van der Waals surface area contributed by atoms with Crippen LogP contribution < -0.4 is 4.90 Å². The van der Waals surface area contributed by atoms with Gasteiger partial charge >= 0.3 is 0 Å². The Hall–Kier alpha value is -1.02. The van der Waals surface area contributed by atoms with Gasteiger partial charge in [0.05, 0.1) is 6.10 Å². The number of benzene rings is 1. The Labute approximate surface area is 91.5 Å². The summed E-state index contributed by atoms with van der Waals surface area (Å²) in [5.74, 6) is 0. The summed E-state index contributed by atoms with van der Waals surface area (Å²) in [4.78, 5) is 2.30. The van der Waals surface area contributed by atoms with Crippen LogP contribution in [0.15, 0.2) is 18.2 Å². The zero-order chi connectivity index (χ0) is 11.0. The summed E-state index contributed by atoms with van der Waals surface area (Å²) < 4.78 is 0. The largest absolute Gasteiger partial charge is 0.393 e. The first-order valence-electron chi connectivity index (χ1n) is 5.59. The number of rotatable bonds is 2. The molecule has 2 atom stereocenters. The van der Waals surface area contributed by atoms with Crippen LogP contribution in [-0.4, -0.2) is 24.3 Å². The van der Waals surface area contributed by atoms with E-state index in [1.54, 1.807) is 0 Å². The topological polar surface area (TPSA) is 23.5 Å². The van der Waals surface area contributed by atoms with E-state index in [0.717, 1.165) is 12.8 Å². The van der Waals surface area contributed by atoms with Gasteiger partial charge in [-0.25, -0.2) is 0 Å². The molecule has 1 aromatic rings. The molecular formula is C13H19NO. The van der Waals surface area contributed by atoms with E-state index in [1.165, 1.54) is 16.8 Å². The number of fused-ring (bicyclic) bond motifs is 1. The van der Waals surface area contributed by atoms with Crippen LogP contribution >= 0.6 is 0 Å². The lowest BCUT2D eigenvalue weighted by Crippen LogP contribution is -2.30. The molecule has 1 aliphatic heterocycles. The fourth-order valence-corrected chi connectivity index (χ4v) is 2.49. The average molecular weight is 205 g/mol. The second kappa shape index (κ2) is 3.86. The van der Waals surface area contributed by atoms with Gasteiger partial charge in [-0.05, 0) is 43.9 Å². The maximum atomic E-state index is 9.45. The molecule has 15 heavy (non-hydrogen) atoms. The van der Waals surface area contributed by atoms with Crippen molar-refractivity contribution in [2.75, 3.05) is 11.9 Å². The molecule has 0 aliphatic carbocycles. The molecule has 2 rings (SSSR count). The molecule has 0 saturated heterocycles. The zero-order valence-electron chi connectivity index (χ0n) is 9.70. The van der Waals surface area contributed by atoms with Gasteiger partial charge in [0.1, 0.15) is 0 Å². The standard InChI is InChI=1S/C13H19NO/c1-9-5-4-6-13-12(9)8-11(14(13)3)7-10(2)15/h4-6,10-11,15H,7-8H2,1-3H3. The number of likely N-dealkylation sites (N-methyl/N-ethyl adjacent to an activating group) is 1. The smallest absolute Gasteiger partial charge is 0.0531 e. The number of hydrogen-bond acceptors (Lipinski definition) is 2. The lowest BCUT2D eigenvalue weighted by atomic mass is 10.0. The minimum Gasteiger partial charge on any atom is -0.393 e. The van der Waals surface area contributed by atoms with Gasteiger partial charge in [0.2, 0.25) is 0 Å². The quantitative estimate of drug-likeness (QED) is 0.799. The van der Waals surface area contributed by atoms with Crippen LogP contribution in [-0.2, 0) is 6.42 Å². The lowest BCUT2D eigenvalue weighted by molar-refractivity contribution is 0.175. The summed E-state index contributed by atoms with van der Waals surface area (Å²) in [6.45, 7) is 4.03. The summed E-state index contributed by atoms with van der Waals surface area (Å²) in [6, 6.07) is 6.90. The Morgan fingerprint density at radius 1 is 1.53 bits per heavy atom. The van der Waals surface area contributed by atoms with E-state index in [-0.39, 0.29) is 6.10 Å². The Balaban J connectivity index is 2.25. The summed E-state index contributed by atoms with van der Waals surface area (Å²) in [7, 11) is 2.12. The Morgan fingerprint density at radius 2 is 2.27 bits per heavy atom. The molecule has 2 heteroatoms. The number of aliphatic hydroxyl groups is 1. The summed E-state index contributed by atoms with van der Waals surface area (Å²) in [5, 5.41) is 9.45. The Kier molecular flexibility index (Phi) is 2.70. The highest BCUT2D eigenvalue weighted by Gasteiger charge is 2.27. The first kappa shape index (κ1) is 10.5. The van der Waals surface area contributed by atoms with Gasteiger partial charge in [-0.3, -0.25) is 0 Å². The van der Waals surface area contributed by atoms with Crippen molar-refractivity contribution < 1.29 is 5.11 Å². The molecule has 0 saturated carbocycles. The monoisotopic (exact) mass is 205 g/mol. The molecule has 82 valence electrons. The third-order valence-corrected chi connectivity index (χ3v) is 3.37. The molecule has 0 aromatic heterocycles. The van der Waals surface area contributed by atoms with Gasteiger partial charge in [-0.15, -0.1) is 0 Å². The predicted octanol–water partition coefficient (Wildman–Crippen LogP) is 2.13. The number of anilines is 1. The number of aliphatic hydroxyl groups excluding tert-OH is 1. The third kappa shape index (κ3) is 1.86. The number of nitrogens with zero attached hydrogens (tertiary/aromatic N) is 1. The van der Waals surface area contributed by atoms with Crippen molar-refractivity contribution >= 4 is 5.69 Å². The van der Waals surface area contributed by atoms with Crippen LogP contribution in [0.1, 0.15) is 24.5 Å². The first-order chi connectivity index (χ1) is 7.09. The van der Waals surface area contributed by atoms with Gasteiger partial charge < -0.3 is 10.0 Å². The molecule has 2 nitrogen and oxygen atoms in total. The van der Waals surface area contributed by atoms with Crippen molar-refractivity contribution in [3.8, 4) is 0 Å². The van der Waals surface area contributed by atoms with Crippen molar-refractivity contribution in [2.45, 2.75) is 38.8 Å². The van der Waals surface area contributed by atoms with Crippen LogP contribution in [0.5, 0.6) is 0 Å². The van der Waals surface area contributed by atoms with Gasteiger partial charge in [0.25, 0.3) is 0 Å². The summed E-state index contributed by atoms with van der Waals surface area (Å²) in [6.07, 6.45) is 1.71. The Bertz CT molecular complexity index is 360. The van der Waals surface area contributed by atoms with Gasteiger partial charge in [-0.2, -0.15) is 0 Å². The normalized spacial score (nSPS) is 21.6. The van der Waals surface area contributed by atoms with Gasteiger partial charge in [0, 0.05) is 18.8 Å². The SMILES string of the molecule is Cc1cccc2c1CC(CC(C)O)N2C. The molecule has 2 unspecified atom stereocenters. The second-order valence-electron chi connectivity index (χ2n) is 4.63. The number of aryl methyl sites for hydroxylation is 1. The van der Waals surface area contributed by atoms with Gasteiger partial charge in [-0.1, -0.05) is 12.1 Å². The molecule has 1 N–H and O–H groups in total. The van der Waals surface area contributed by atoms with Crippen LogP contribution in [0.4, 0.5) is 5.69 Å². The van der Waals surface area contributed by atoms with E-state index in [2.05, 4.69) is 37.1 Å². The molecule has 1 heterocycles. The highest BCUT2D eigenvalue weighted by Crippen LogP contribution is 2.34. The van der Waals surface area contributed by atoms with E-state index >= 15 is 0 Å². The lowest BCUT2D eigenvalue weighted by Gasteiger charge is -2.23. The van der Waals surface area contributed by atoms with Crippen LogP contribution in [0.3, 0.4) is 0 Å². The molecule has 0 amide bonds. The average Bonchev–Trinajstić information content (AvgIpc) is 2.46. The van der Waals surface area contributed by atoms with E-state index in [4.69, 9.17) is 0 Å². The number of hydrogen-bond donors (Lipinski definition) is 1. The molecule has 0 spiro atoms. The highest BCUT2D eigenvalue weighted by atomic mass is 16.3.